The van der Waals surface area contributed by atoms with Crippen molar-refractivity contribution in [2.24, 2.45) is 0 Å². The third-order valence-corrected chi connectivity index (χ3v) is 5.82. The minimum atomic E-state index is -3.59. The van der Waals surface area contributed by atoms with Gasteiger partial charge in [0.15, 0.2) is 0 Å². The van der Waals surface area contributed by atoms with E-state index in [1.165, 1.54) is 18.7 Å². The van der Waals surface area contributed by atoms with Gasteiger partial charge in [-0.1, -0.05) is 42.3 Å². The van der Waals surface area contributed by atoms with Crippen molar-refractivity contribution in [1.29, 1.82) is 0 Å². The number of hydrogen-bond donors (Lipinski definition) is 1. The van der Waals surface area contributed by atoms with Crippen LogP contribution >= 0.6 is 23.2 Å². The predicted molar refractivity (Wildman–Crippen MR) is 121 cm³/mol. The molecule has 2 heterocycles. The van der Waals surface area contributed by atoms with Gasteiger partial charge in [0.2, 0.25) is 15.9 Å². The molecule has 2 aromatic heterocycles. The third kappa shape index (κ3) is 6.99. The molecule has 0 radical (unpaired) electrons. The number of aromatic nitrogens is 4. The van der Waals surface area contributed by atoms with Crippen LogP contribution in [-0.2, 0) is 15.8 Å². The van der Waals surface area contributed by atoms with Gasteiger partial charge in [-0.3, -0.25) is 0 Å². The second-order valence-corrected chi connectivity index (χ2v) is 9.22. The van der Waals surface area contributed by atoms with Crippen molar-refractivity contribution < 1.29 is 17.9 Å². The van der Waals surface area contributed by atoms with E-state index in [0.717, 1.165) is 0 Å². The number of rotatable bonds is 11. The van der Waals surface area contributed by atoms with Gasteiger partial charge in [-0.15, -0.1) is 0 Å². The molecule has 0 fully saturated rings. The first-order valence-corrected chi connectivity index (χ1v) is 12.1. The van der Waals surface area contributed by atoms with E-state index in [2.05, 4.69) is 24.7 Å². The van der Waals surface area contributed by atoms with Crippen LogP contribution in [0.2, 0.25) is 10.0 Å². The van der Waals surface area contributed by atoms with E-state index < -0.39 is 10.0 Å². The Hall–Kier alpha value is -2.53. The van der Waals surface area contributed by atoms with E-state index in [9.17, 15) is 8.42 Å². The van der Waals surface area contributed by atoms with Crippen LogP contribution < -0.4 is 14.2 Å². The molecule has 0 saturated heterocycles. The lowest BCUT2D eigenvalue weighted by molar-refractivity contribution is 0.202. The normalized spacial score (nSPS) is 11.3. The van der Waals surface area contributed by atoms with Gasteiger partial charge < -0.3 is 9.47 Å². The highest BCUT2D eigenvalue weighted by molar-refractivity contribution is 7.88. The summed E-state index contributed by atoms with van der Waals surface area (Å²) >= 11 is 11.8. The van der Waals surface area contributed by atoms with Gasteiger partial charge in [-0.25, -0.2) is 33.1 Å². The molecule has 3 aromatic rings. The zero-order valence-corrected chi connectivity index (χ0v) is 19.5. The van der Waals surface area contributed by atoms with Gasteiger partial charge in [-0.2, -0.15) is 0 Å². The molecule has 170 valence electrons. The molecule has 0 saturated carbocycles. The third-order valence-electron chi connectivity index (χ3n) is 4.07. The summed E-state index contributed by atoms with van der Waals surface area (Å²) in [5.74, 6) is -0.0949. The highest BCUT2D eigenvalue weighted by Gasteiger charge is 2.20. The van der Waals surface area contributed by atoms with Crippen molar-refractivity contribution in [3.8, 4) is 23.0 Å². The van der Waals surface area contributed by atoms with Crippen LogP contribution in [0.25, 0.3) is 11.1 Å². The van der Waals surface area contributed by atoms with Gasteiger partial charge in [0.25, 0.3) is 0 Å². The summed E-state index contributed by atoms with van der Waals surface area (Å²) in [6.45, 7) is 2.48. The molecule has 0 unspecified atom stereocenters. The van der Waals surface area contributed by atoms with E-state index in [1.807, 2.05) is 6.92 Å². The van der Waals surface area contributed by atoms with Crippen LogP contribution in [0.1, 0.15) is 19.0 Å². The first-order chi connectivity index (χ1) is 15.4. The standard InChI is InChI=1S/C20H21Cl2N5O4S/c1-2-7-27-32(28,29)12-17-18(14-3-5-15(21)6-4-14)19(26-13-25-17)30-8-9-31-20-23-10-16(22)11-24-20/h3-6,10-11,13,27H,2,7-9,12H2,1H3. The molecule has 0 aliphatic carbocycles. The van der Waals surface area contributed by atoms with Crippen molar-refractivity contribution in [1.82, 2.24) is 24.7 Å². The zero-order valence-electron chi connectivity index (χ0n) is 17.2. The average molecular weight is 498 g/mol. The summed E-state index contributed by atoms with van der Waals surface area (Å²) in [5.41, 5.74) is 1.45. The molecular weight excluding hydrogens is 477 g/mol. The highest BCUT2D eigenvalue weighted by atomic mass is 35.5. The predicted octanol–water partition coefficient (Wildman–Crippen LogP) is 3.53. The van der Waals surface area contributed by atoms with Crippen LogP contribution in [0.5, 0.6) is 11.9 Å². The molecule has 0 spiro atoms. The topological polar surface area (TPSA) is 116 Å². The van der Waals surface area contributed by atoms with Gasteiger partial charge >= 0.3 is 6.01 Å². The summed E-state index contributed by atoms with van der Waals surface area (Å²) < 4.78 is 38.7. The zero-order chi connectivity index (χ0) is 23.0. The fourth-order valence-electron chi connectivity index (χ4n) is 2.66. The smallest absolute Gasteiger partial charge is 0.316 e. The summed E-state index contributed by atoms with van der Waals surface area (Å²) in [6, 6.07) is 7.06. The van der Waals surface area contributed by atoms with E-state index in [0.29, 0.717) is 39.8 Å². The number of nitrogens with zero attached hydrogens (tertiary/aromatic N) is 4. The Bertz CT molecular complexity index is 1130. The summed E-state index contributed by atoms with van der Waals surface area (Å²) in [7, 11) is -3.59. The first kappa shape index (κ1) is 24.1. The lowest BCUT2D eigenvalue weighted by Gasteiger charge is -2.15. The molecule has 1 N–H and O–H groups in total. The number of nitrogens with one attached hydrogen (secondary N) is 1. The molecule has 0 atom stereocenters. The van der Waals surface area contributed by atoms with E-state index in [4.69, 9.17) is 32.7 Å². The Balaban J connectivity index is 1.81. The number of benzene rings is 1. The highest BCUT2D eigenvalue weighted by Crippen LogP contribution is 2.32. The van der Waals surface area contributed by atoms with Crippen LogP contribution in [0.3, 0.4) is 0 Å². The monoisotopic (exact) mass is 497 g/mol. The molecule has 32 heavy (non-hydrogen) atoms. The number of ether oxygens (including phenoxy) is 2. The van der Waals surface area contributed by atoms with Crippen LogP contribution in [0.15, 0.2) is 43.0 Å². The van der Waals surface area contributed by atoms with Crippen molar-refractivity contribution in [3.63, 3.8) is 0 Å². The molecule has 0 aliphatic heterocycles. The second kappa shape index (κ2) is 11.4. The molecule has 0 bridgehead atoms. The molecule has 0 aliphatic rings. The summed E-state index contributed by atoms with van der Waals surface area (Å²) in [4.78, 5) is 16.3. The van der Waals surface area contributed by atoms with E-state index in [-0.39, 0.29) is 30.9 Å². The molecule has 3 rings (SSSR count). The fraction of sp³-hybridized carbons (Fsp3) is 0.300. The Labute approximate surface area is 196 Å². The number of halogens is 2. The van der Waals surface area contributed by atoms with Crippen LogP contribution in [0.4, 0.5) is 0 Å². The lowest BCUT2D eigenvalue weighted by Crippen LogP contribution is -2.26. The Morgan fingerprint density at radius 3 is 2.31 bits per heavy atom. The van der Waals surface area contributed by atoms with Gasteiger partial charge in [0.05, 0.1) is 28.7 Å². The molecule has 9 nitrogen and oxygen atoms in total. The Morgan fingerprint density at radius 1 is 0.938 bits per heavy atom. The number of sulfonamides is 1. The largest absolute Gasteiger partial charge is 0.474 e. The summed E-state index contributed by atoms with van der Waals surface area (Å²) in [5, 5.41) is 0.946. The van der Waals surface area contributed by atoms with Gasteiger partial charge in [0.1, 0.15) is 25.3 Å². The molecule has 12 heteroatoms. The Morgan fingerprint density at radius 2 is 1.62 bits per heavy atom. The fourth-order valence-corrected chi connectivity index (χ4v) is 4.08. The SMILES string of the molecule is CCCNS(=O)(=O)Cc1ncnc(OCCOc2ncc(Cl)cn2)c1-c1ccc(Cl)cc1. The maximum atomic E-state index is 12.5. The van der Waals surface area contributed by atoms with Crippen LogP contribution in [-0.4, -0.2) is 48.1 Å². The minimum absolute atomic E-state index is 0.115. The first-order valence-electron chi connectivity index (χ1n) is 9.68. The van der Waals surface area contributed by atoms with Crippen molar-refractivity contribution in [3.05, 3.63) is 58.7 Å². The van der Waals surface area contributed by atoms with Crippen molar-refractivity contribution >= 4 is 33.2 Å². The van der Waals surface area contributed by atoms with E-state index in [1.54, 1.807) is 24.3 Å². The second-order valence-electron chi connectivity index (χ2n) is 6.54. The maximum absolute atomic E-state index is 12.5. The lowest BCUT2D eigenvalue weighted by atomic mass is 10.1. The average Bonchev–Trinajstić information content (AvgIpc) is 2.77. The maximum Gasteiger partial charge on any atom is 0.316 e. The summed E-state index contributed by atoms with van der Waals surface area (Å²) in [6.07, 6.45) is 4.79. The minimum Gasteiger partial charge on any atom is -0.474 e. The van der Waals surface area contributed by atoms with Crippen molar-refractivity contribution in [2.75, 3.05) is 19.8 Å². The molecule has 0 amide bonds. The molecular formula is C20H21Cl2N5O4S. The van der Waals surface area contributed by atoms with Gasteiger partial charge in [0, 0.05) is 11.6 Å². The molecule has 1 aromatic carbocycles. The van der Waals surface area contributed by atoms with Crippen LogP contribution in [0, 0.1) is 0 Å². The Kier molecular flexibility index (Phi) is 8.57. The number of hydrogen-bond acceptors (Lipinski definition) is 8. The van der Waals surface area contributed by atoms with Gasteiger partial charge in [-0.05, 0) is 24.1 Å². The quantitative estimate of drug-likeness (QED) is 0.399. The van der Waals surface area contributed by atoms with E-state index >= 15 is 0 Å². The van der Waals surface area contributed by atoms with Crippen molar-refractivity contribution in [2.45, 2.75) is 19.1 Å².